The van der Waals surface area contributed by atoms with Crippen molar-refractivity contribution in [3.05, 3.63) is 34.9 Å². The second-order valence-corrected chi connectivity index (χ2v) is 5.95. The van der Waals surface area contributed by atoms with Crippen molar-refractivity contribution in [2.75, 3.05) is 13.2 Å². The van der Waals surface area contributed by atoms with Gasteiger partial charge in [-0.2, -0.15) is 18.4 Å². The van der Waals surface area contributed by atoms with Crippen LogP contribution in [0.5, 0.6) is 0 Å². The van der Waals surface area contributed by atoms with Gasteiger partial charge in [0, 0.05) is 12.1 Å². The van der Waals surface area contributed by atoms with E-state index < -0.39 is 17.3 Å². The minimum atomic E-state index is -4.55. The van der Waals surface area contributed by atoms with Crippen molar-refractivity contribution >= 4 is 0 Å². The standard InChI is InChI=1S/C15H15F3N2O2/c16-15(17,18)11-2-9(6-19)1-10(3-11)14(21)4-12-7-22-8-13(5-14)20-12/h1-3,12-13,20-21H,4-5,7-8H2. The Morgan fingerprint density at radius 2 is 1.86 bits per heavy atom. The molecule has 22 heavy (non-hydrogen) atoms. The first-order valence-electron chi connectivity index (χ1n) is 6.99. The highest BCUT2D eigenvalue weighted by atomic mass is 19.4. The van der Waals surface area contributed by atoms with Crippen molar-refractivity contribution in [1.29, 1.82) is 5.26 Å². The number of benzene rings is 1. The van der Waals surface area contributed by atoms with Crippen LogP contribution in [0, 0.1) is 11.3 Å². The normalized spacial score (nSPS) is 31.6. The molecule has 0 saturated carbocycles. The Labute approximate surface area is 125 Å². The lowest BCUT2D eigenvalue weighted by Crippen LogP contribution is -2.58. The summed E-state index contributed by atoms with van der Waals surface area (Å²) >= 11 is 0. The van der Waals surface area contributed by atoms with Gasteiger partial charge in [0.1, 0.15) is 0 Å². The molecular weight excluding hydrogens is 297 g/mol. The summed E-state index contributed by atoms with van der Waals surface area (Å²) in [5.74, 6) is 0. The van der Waals surface area contributed by atoms with E-state index in [-0.39, 0.29) is 36.1 Å². The quantitative estimate of drug-likeness (QED) is 0.831. The maximum Gasteiger partial charge on any atom is 0.416 e. The van der Waals surface area contributed by atoms with Gasteiger partial charge in [-0.1, -0.05) is 0 Å². The van der Waals surface area contributed by atoms with Crippen LogP contribution in [0.2, 0.25) is 0 Å². The zero-order valence-corrected chi connectivity index (χ0v) is 11.7. The molecule has 1 aromatic carbocycles. The van der Waals surface area contributed by atoms with E-state index >= 15 is 0 Å². The third-order valence-corrected chi connectivity index (χ3v) is 4.20. The lowest BCUT2D eigenvalue weighted by molar-refractivity contribution is -0.138. The number of alkyl halides is 3. The van der Waals surface area contributed by atoms with E-state index in [1.807, 2.05) is 0 Å². The number of morpholine rings is 1. The zero-order chi connectivity index (χ0) is 16.0. The maximum absolute atomic E-state index is 13.0. The zero-order valence-electron chi connectivity index (χ0n) is 11.7. The van der Waals surface area contributed by atoms with Crippen molar-refractivity contribution in [3.63, 3.8) is 0 Å². The molecule has 2 saturated heterocycles. The predicted octanol–water partition coefficient (Wildman–Crippen LogP) is 1.92. The maximum atomic E-state index is 13.0. The van der Waals surface area contributed by atoms with Gasteiger partial charge in [-0.25, -0.2) is 0 Å². The van der Waals surface area contributed by atoms with Gasteiger partial charge in [0.25, 0.3) is 0 Å². The number of hydrogen-bond donors (Lipinski definition) is 2. The number of piperidine rings is 1. The van der Waals surface area contributed by atoms with E-state index in [2.05, 4.69) is 5.32 Å². The Balaban J connectivity index is 2.01. The van der Waals surface area contributed by atoms with Crippen LogP contribution in [-0.4, -0.2) is 30.4 Å². The highest BCUT2D eigenvalue weighted by molar-refractivity contribution is 5.41. The molecule has 118 valence electrons. The summed E-state index contributed by atoms with van der Waals surface area (Å²) in [6.45, 7) is 0.839. The fourth-order valence-electron chi connectivity index (χ4n) is 3.28. The number of fused-ring (bicyclic) bond motifs is 2. The van der Waals surface area contributed by atoms with Crippen molar-refractivity contribution < 1.29 is 23.0 Å². The highest BCUT2D eigenvalue weighted by Crippen LogP contribution is 2.39. The third kappa shape index (κ3) is 2.82. The number of nitriles is 1. The highest BCUT2D eigenvalue weighted by Gasteiger charge is 2.43. The molecule has 1 aromatic rings. The Kier molecular flexibility index (Phi) is 3.63. The van der Waals surface area contributed by atoms with Gasteiger partial charge in [0.05, 0.1) is 36.0 Å². The Bertz CT molecular complexity index is 612. The molecule has 2 unspecified atom stereocenters. The van der Waals surface area contributed by atoms with Gasteiger partial charge in [-0.05, 0) is 36.6 Å². The molecule has 2 aliphatic heterocycles. The van der Waals surface area contributed by atoms with Crippen molar-refractivity contribution in [2.24, 2.45) is 0 Å². The Hall–Kier alpha value is -1.62. The molecule has 2 bridgehead atoms. The second-order valence-electron chi connectivity index (χ2n) is 5.95. The molecule has 7 heteroatoms. The van der Waals surface area contributed by atoms with E-state index in [0.717, 1.165) is 12.1 Å². The number of rotatable bonds is 1. The molecule has 4 nitrogen and oxygen atoms in total. The minimum absolute atomic E-state index is 0.0989. The topological polar surface area (TPSA) is 65.3 Å². The molecule has 2 aliphatic rings. The van der Waals surface area contributed by atoms with Gasteiger partial charge in [0.15, 0.2) is 0 Å². The number of aliphatic hydroxyl groups is 1. The summed E-state index contributed by atoms with van der Waals surface area (Å²) in [5.41, 5.74) is -2.23. The average molecular weight is 312 g/mol. The fourth-order valence-corrected chi connectivity index (χ4v) is 3.28. The molecule has 0 spiro atoms. The van der Waals surface area contributed by atoms with Crippen LogP contribution in [0.15, 0.2) is 18.2 Å². The third-order valence-electron chi connectivity index (χ3n) is 4.20. The van der Waals surface area contributed by atoms with Crippen molar-refractivity contribution in [2.45, 2.75) is 36.7 Å². The molecule has 2 heterocycles. The molecule has 3 rings (SSSR count). The largest absolute Gasteiger partial charge is 0.416 e. The number of nitrogens with zero attached hydrogens (tertiary/aromatic N) is 1. The van der Waals surface area contributed by atoms with E-state index in [9.17, 15) is 18.3 Å². The molecule has 0 aromatic heterocycles. The van der Waals surface area contributed by atoms with Crippen molar-refractivity contribution in [3.8, 4) is 6.07 Å². The molecule has 2 N–H and O–H groups in total. The summed E-state index contributed by atoms with van der Waals surface area (Å²) in [6, 6.07) is 4.63. The van der Waals surface area contributed by atoms with Crippen LogP contribution < -0.4 is 5.32 Å². The number of hydrogen-bond acceptors (Lipinski definition) is 4. The summed E-state index contributed by atoms with van der Waals surface area (Å²) in [4.78, 5) is 0. The monoisotopic (exact) mass is 312 g/mol. The summed E-state index contributed by atoms with van der Waals surface area (Å²) < 4.78 is 44.3. The minimum Gasteiger partial charge on any atom is -0.385 e. The average Bonchev–Trinajstić information content (AvgIpc) is 2.45. The van der Waals surface area contributed by atoms with Crippen molar-refractivity contribution in [1.82, 2.24) is 5.32 Å². The van der Waals surface area contributed by atoms with Crippen LogP contribution in [0.3, 0.4) is 0 Å². The lowest BCUT2D eigenvalue weighted by Gasteiger charge is -2.45. The smallest absolute Gasteiger partial charge is 0.385 e. The second kappa shape index (κ2) is 5.23. The fraction of sp³-hybridized carbons (Fsp3) is 0.533. The number of nitrogens with one attached hydrogen (secondary N) is 1. The van der Waals surface area contributed by atoms with Gasteiger partial charge in [-0.3, -0.25) is 0 Å². The van der Waals surface area contributed by atoms with E-state index in [1.54, 1.807) is 6.07 Å². The van der Waals surface area contributed by atoms with Gasteiger partial charge >= 0.3 is 6.18 Å². The van der Waals surface area contributed by atoms with Crippen LogP contribution in [-0.2, 0) is 16.5 Å². The molecule has 0 radical (unpaired) electrons. The summed E-state index contributed by atoms with van der Waals surface area (Å²) in [7, 11) is 0. The number of halogens is 3. The van der Waals surface area contributed by atoms with Crippen LogP contribution in [0.4, 0.5) is 13.2 Å². The molecule has 2 fully saturated rings. The molecule has 0 aliphatic carbocycles. The Morgan fingerprint density at radius 1 is 1.23 bits per heavy atom. The molecule has 0 amide bonds. The first kappa shape index (κ1) is 15.3. The molecule has 2 atom stereocenters. The van der Waals surface area contributed by atoms with E-state index in [4.69, 9.17) is 10.00 Å². The van der Waals surface area contributed by atoms with E-state index in [0.29, 0.717) is 13.2 Å². The van der Waals surface area contributed by atoms with Gasteiger partial charge < -0.3 is 15.2 Å². The first-order valence-corrected chi connectivity index (χ1v) is 6.99. The van der Waals surface area contributed by atoms with Crippen LogP contribution in [0.25, 0.3) is 0 Å². The summed E-state index contributed by atoms with van der Waals surface area (Å²) in [6.07, 6.45) is -4.03. The molecular formula is C15H15F3N2O2. The number of ether oxygens (including phenoxy) is 1. The Morgan fingerprint density at radius 3 is 2.41 bits per heavy atom. The predicted molar refractivity (Wildman–Crippen MR) is 70.8 cm³/mol. The van der Waals surface area contributed by atoms with E-state index in [1.165, 1.54) is 6.07 Å². The van der Waals surface area contributed by atoms with Crippen LogP contribution >= 0.6 is 0 Å². The summed E-state index contributed by atoms with van der Waals surface area (Å²) in [5, 5.41) is 23.1. The first-order chi connectivity index (χ1) is 10.3. The van der Waals surface area contributed by atoms with Gasteiger partial charge in [-0.15, -0.1) is 0 Å². The van der Waals surface area contributed by atoms with Crippen LogP contribution in [0.1, 0.15) is 29.5 Å². The SMILES string of the molecule is N#Cc1cc(C(F)(F)F)cc(C2(O)CC3COCC(C2)N3)c1. The lowest BCUT2D eigenvalue weighted by atomic mass is 9.77. The van der Waals surface area contributed by atoms with Gasteiger partial charge in [0.2, 0.25) is 0 Å².